The van der Waals surface area contributed by atoms with Gasteiger partial charge in [0.15, 0.2) is 11.6 Å². The van der Waals surface area contributed by atoms with Crippen LogP contribution in [0.25, 0.3) is 11.8 Å². The third kappa shape index (κ3) is 7.90. The Morgan fingerprint density at radius 2 is 1.85 bits per heavy atom. The van der Waals surface area contributed by atoms with E-state index < -0.39 is 21.8 Å². The number of carbonyl (C=O) groups is 3. The number of nitrogens with zero attached hydrogens (tertiary/aromatic N) is 4. The fourth-order valence-corrected chi connectivity index (χ4v) is 6.25. The highest BCUT2D eigenvalue weighted by Gasteiger charge is 2.29. The van der Waals surface area contributed by atoms with Crippen LogP contribution in [0, 0.1) is 5.92 Å². The van der Waals surface area contributed by atoms with E-state index in [2.05, 4.69) is 20.8 Å². The molecule has 39 heavy (non-hydrogen) atoms. The summed E-state index contributed by atoms with van der Waals surface area (Å²) in [6, 6.07) is 11.0. The molecule has 1 N–H and O–H groups in total. The minimum atomic E-state index is -3.06. The Labute approximate surface area is 231 Å². The second-order valence-corrected chi connectivity index (χ2v) is 12.3. The molecule has 1 aliphatic rings. The van der Waals surface area contributed by atoms with Crippen molar-refractivity contribution >= 4 is 45.0 Å². The molecule has 1 saturated heterocycles. The second-order valence-electron chi connectivity index (χ2n) is 9.58. The van der Waals surface area contributed by atoms with E-state index in [1.165, 1.54) is 24.0 Å². The standard InChI is InChI=1S/C27H28ClN5O5S/c1-18(34)21-4-2-19(3-5-21)15-26(35)24(14-20-10-12-39(37,38)13-11-20)30-27(36)9-6-22-16-23(28)7-8-25(22)33-17-29-31-32-33/h2-9,16-17,20,24H,10-15H2,1H3,(H,30,36)/b9-6+/t24-/m0/s1. The van der Waals surface area contributed by atoms with Gasteiger partial charge in [0.05, 0.1) is 23.2 Å². The Morgan fingerprint density at radius 1 is 1.13 bits per heavy atom. The van der Waals surface area contributed by atoms with E-state index in [9.17, 15) is 22.8 Å². The molecule has 204 valence electrons. The van der Waals surface area contributed by atoms with Gasteiger partial charge in [-0.2, -0.15) is 4.68 Å². The number of hydrogen-bond donors (Lipinski definition) is 1. The Balaban J connectivity index is 1.50. The molecule has 0 aliphatic carbocycles. The zero-order chi connectivity index (χ0) is 28.0. The first-order chi connectivity index (χ1) is 18.6. The number of aromatic nitrogens is 4. The summed E-state index contributed by atoms with van der Waals surface area (Å²) in [5, 5.41) is 14.4. The smallest absolute Gasteiger partial charge is 0.244 e. The third-order valence-corrected chi connectivity index (χ3v) is 8.64. The van der Waals surface area contributed by atoms with Crippen molar-refractivity contribution < 1.29 is 22.8 Å². The maximum atomic E-state index is 13.3. The van der Waals surface area contributed by atoms with Crippen LogP contribution in [0.2, 0.25) is 5.02 Å². The maximum Gasteiger partial charge on any atom is 0.244 e. The normalized spacial score (nSPS) is 16.2. The quantitative estimate of drug-likeness (QED) is 0.290. The molecule has 0 unspecified atom stereocenters. The van der Waals surface area contributed by atoms with E-state index in [1.54, 1.807) is 48.5 Å². The second kappa shape index (κ2) is 12.4. The van der Waals surface area contributed by atoms with Crippen molar-refractivity contribution in [3.63, 3.8) is 0 Å². The van der Waals surface area contributed by atoms with Crippen LogP contribution in [0.1, 0.15) is 47.7 Å². The van der Waals surface area contributed by atoms with E-state index >= 15 is 0 Å². The Bertz CT molecular complexity index is 1470. The van der Waals surface area contributed by atoms with Crippen LogP contribution in [0.15, 0.2) is 54.9 Å². The van der Waals surface area contributed by atoms with Crippen LogP contribution in [-0.2, 0) is 25.8 Å². The van der Waals surface area contributed by atoms with Crippen molar-refractivity contribution in [1.82, 2.24) is 25.5 Å². The first kappa shape index (κ1) is 28.3. The average molecular weight is 570 g/mol. The number of rotatable bonds is 10. The summed E-state index contributed by atoms with van der Waals surface area (Å²) in [6.07, 6.45) is 5.59. The van der Waals surface area contributed by atoms with Gasteiger partial charge in [-0.25, -0.2) is 8.42 Å². The van der Waals surface area contributed by atoms with Gasteiger partial charge < -0.3 is 5.32 Å². The molecule has 1 fully saturated rings. The van der Waals surface area contributed by atoms with Gasteiger partial charge in [-0.15, -0.1) is 5.10 Å². The molecule has 2 heterocycles. The van der Waals surface area contributed by atoms with Crippen LogP contribution in [0.5, 0.6) is 0 Å². The fraction of sp³-hybridized carbons (Fsp3) is 0.333. The SMILES string of the molecule is CC(=O)c1ccc(CC(=O)[C@H](CC2CCS(=O)(=O)CC2)NC(=O)/C=C/c2cc(Cl)ccc2-n2cnnn2)cc1. The number of benzene rings is 2. The Kier molecular flexibility index (Phi) is 9.03. The van der Waals surface area contributed by atoms with E-state index in [4.69, 9.17) is 11.6 Å². The van der Waals surface area contributed by atoms with Gasteiger partial charge in [-0.05, 0) is 72.4 Å². The number of amides is 1. The summed E-state index contributed by atoms with van der Waals surface area (Å²) in [5.74, 6) is -0.600. The number of tetrazole rings is 1. The molecule has 3 aromatic rings. The van der Waals surface area contributed by atoms with Gasteiger partial charge >= 0.3 is 0 Å². The molecular formula is C27H28ClN5O5S. The topological polar surface area (TPSA) is 141 Å². The molecule has 10 nitrogen and oxygen atoms in total. The van der Waals surface area contributed by atoms with Crippen molar-refractivity contribution in [2.45, 2.75) is 38.6 Å². The lowest BCUT2D eigenvalue weighted by atomic mass is 9.90. The first-order valence-electron chi connectivity index (χ1n) is 12.4. The molecule has 12 heteroatoms. The molecule has 4 rings (SSSR count). The van der Waals surface area contributed by atoms with Gasteiger partial charge in [0, 0.05) is 28.6 Å². The number of halogens is 1. The minimum Gasteiger partial charge on any atom is -0.343 e. The summed E-state index contributed by atoms with van der Waals surface area (Å²) in [5.41, 5.74) is 2.47. The van der Waals surface area contributed by atoms with E-state index in [0.717, 1.165) is 5.56 Å². The van der Waals surface area contributed by atoms with Crippen molar-refractivity contribution in [3.8, 4) is 5.69 Å². The monoisotopic (exact) mass is 569 g/mol. The number of sulfone groups is 1. The number of nitrogens with one attached hydrogen (secondary N) is 1. The minimum absolute atomic E-state index is 0.00816. The summed E-state index contributed by atoms with van der Waals surface area (Å²) in [7, 11) is -3.06. The van der Waals surface area contributed by atoms with Crippen LogP contribution in [0.4, 0.5) is 0 Å². The lowest BCUT2D eigenvalue weighted by Crippen LogP contribution is -2.43. The molecule has 2 aromatic carbocycles. The van der Waals surface area contributed by atoms with Gasteiger partial charge in [-0.3, -0.25) is 14.4 Å². The Morgan fingerprint density at radius 3 is 2.49 bits per heavy atom. The highest BCUT2D eigenvalue weighted by Crippen LogP contribution is 2.25. The van der Waals surface area contributed by atoms with E-state index in [-0.39, 0.29) is 35.4 Å². The van der Waals surface area contributed by atoms with Gasteiger partial charge in [0.25, 0.3) is 0 Å². The summed E-state index contributed by atoms with van der Waals surface area (Å²) in [4.78, 5) is 37.9. The zero-order valence-corrected chi connectivity index (χ0v) is 22.9. The fourth-order valence-electron chi connectivity index (χ4n) is 4.48. The predicted octanol–water partition coefficient (Wildman–Crippen LogP) is 3.04. The molecule has 1 aromatic heterocycles. The molecule has 0 bridgehead atoms. The summed E-state index contributed by atoms with van der Waals surface area (Å²) in [6.45, 7) is 1.47. The van der Waals surface area contributed by atoms with E-state index in [1.807, 2.05) is 0 Å². The number of carbonyl (C=O) groups excluding carboxylic acids is 3. The third-order valence-electron chi connectivity index (χ3n) is 6.69. The van der Waals surface area contributed by atoms with Crippen LogP contribution in [0.3, 0.4) is 0 Å². The molecular weight excluding hydrogens is 542 g/mol. The molecule has 0 radical (unpaired) electrons. The highest BCUT2D eigenvalue weighted by atomic mass is 35.5. The van der Waals surface area contributed by atoms with Gasteiger partial charge in [0.2, 0.25) is 5.91 Å². The average Bonchev–Trinajstić information content (AvgIpc) is 3.43. The van der Waals surface area contributed by atoms with Crippen LogP contribution < -0.4 is 5.32 Å². The lowest BCUT2D eigenvalue weighted by Gasteiger charge is -2.26. The predicted molar refractivity (Wildman–Crippen MR) is 146 cm³/mol. The number of hydrogen-bond acceptors (Lipinski definition) is 8. The van der Waals surface area contributed by atoms with Crippen molar-refractivity contribution in [1.29, 1.82) is 0 Å². The molecule has 1 aliphatic heterocycles. The maximum absolute atomic E-state index is 13.3. The van der Waals surface area contributed by atoms with Crippen LogP contribution >= 0.6 is 11.6 Å². The largest absolute Gasteiger partial charge is 0.343 e. The number of ketones is 2. The van der Waals surface area contributed by atoms with E-state index in [0.29, 0.717) is 41.1 Å². The van der Waals surface area contributed by atoms with Crippen molar-refractivity contribution in [3.05, 3.63) is 76.6 Å². The highest BCUT2D eigenvalue weighted by molar-refractivity contribution is 7.91. The Hall–Kier alpha value is -3.70. The van der Waals surface area contributed by atoms with Gasteiger partial charge in [0.1, 0.15) is 16.2 Å². The summed E-state index contributed by atoms with van der Waals surface area (Å²) >= 11 is 6.15. The molecule has 0 saturated carbocycles. The van der Waals surface area contributed by atoms with Crippen molar-refractivity contribution in [2.24, 2.45) is 5.92 Å². The van der Waals surface area contributed by atoms with Crippen molar-refractivity contribution in [2.75, 3.05) is 11.5 Å². The molecule has 0 spiro atoms. The molecule has 1 atom stereocenters. The lowest BCUT2D eigenvalue weighted by molar-refractivity contribution is -0.125. The number of Topliss-reactive ketones (excluding diaryl/α,β-unsaturated/α-hetero) is 2. The summed E-state index contributed by atoms with van der Waals surface area (Å²) < 4.78 is 25.2. The molecule has 1 amide bonds. The zero-order valence-electron chi connectivity index (χ0n) is 21.3. The first-order valence-corrected chi connectivity index (χ1v) is 14.6. The van der Waals surface area contributed by atoms with Crippen LogP contribution in [-0.4, -0.2) is 63.6 Å². The van der Waals surface area contributed by atoms with Gasteiger partial charge in [-0.1, -0.05) is 35.9 Å².